The summed E-state index contributed by atoms with van der Waals surface area (Å²) in [5.41, 5.74) is 0.108. The van der Waals surface area contributed by atoms with Crippen molar-refractivity contribution in [1.82, 2.24) is 0 Å². The topological polar surface area (TPSA) is 59.3 Å². The zero-order valence-electron chi connectivity index (χ0n) is 19.1. The van der Waals surface area contributed by atoms with Gasteiger partial charge in [-0.3, -0.25) is 4.79 Å². The first-order chi connectivity index (χ1) is 15.0. The minimum atomic E-state index is -1.15. The first-order valence-electron chi connectivity index (χ1n) is 10.5. The smallest absolute Gasteiger partial charge is 0.311 e. The highest BCUT2D eigenvalue weighted by molar-refractivity contribution is 9.28. The van der Waals surface area contributed by atoms with E-state index in [9.17, 15) is 10.1 Å². The van der Waals surface area contributed by atoms with Crippen molar-refractivity contribution in [2.75, 3.05) is 0 Å². The van der Waals surface area contributed by atoms with Gasteiger partial charge in [-0.2, -0.15) is 5.26 Å². The average molecular weight is 509 g/mol. The van der Waals surface area contributed by atoms with Crippen LogP contribution in [0.2, 0.25) is 0 Å². The molecule has 1 fully saturated rings. The van der Waals surface area contributed by atoms with Crippen LogP contribution in [0.15, 0.2) is 64.0 Å². The van der Waals surface area contributed by atoms with E-state index in [0.717, 1.165) is 3.39 Å². The third-order valence-electron chi connectivity index (χ3n) is 4.73. The quantitative estimate of drug-likeness (QED) is 0.418. The zero-order chi connectivity index (χ0) is 23.8. The first kappa shape index (κ1) is 15.8. The molecule has 3 rings (SSSR count). The van der Waals surface area contributed by atoms with Crippen molar-refractivity contribution in [3.63, 3.8) is 0 Å². The fourth-order valence-electron chi connectivity index (χ4n) is 3.12. The van der Waals surface area contributed by atoms with E-state index in [1.807, 2.05) is 26.0 Å². The molecule has 1 saturated carbocycles. The Bertz CT molecular complexity index is 1140. The maximum absolute atomic E-state index is 12.7. The number of carbonyl (C=O) groups is 1. The monoisotopic (exact) mass is 507 g/mol. The summed E-state index contributed by atoms with van der Waals surface area (Å²) in [7, 11) is 0. The van der Waals surface area contributed by atoms with Crippen molar-refractivity contribution < 1.29 is 19.8 Å². The van der Waals surface area contributed by atoms with Gasteiger partial charge in [-0.05, 0) is 67.4 Å². The van der Waals surface area contributed by atoms with Crippen LogP contribution in [0.3, 0.4) is 0 Å². The Kier molecular flexibility index (Phi) is 4.79. The van der Waals surface area contributed by atoms with E-state index in [4.69, 9.17) is 15.0 Å². The first-order valence-corrected chi connectivity index (χ1v) is 10.0. The summed E-state index contributed by atoms with van der Waals surface area (Å²) in [6.07, 6.45) is 0.743. The summed E-state index contributed by atoms with van der Waals surface area (Å²) >= 11 is 6.62. The van der Waals surface area contributed by atoms with Crippen molar-refractivity contribution in [2.45, 2.75) is 20.0 Å². The number of ether oxygens (including phenoxy) is 2. The van der Waals surface area contributed by atoms with Crippen LogP contribution in [-0.4, -0.2) is 5.97 Å². The molecule has 144 valence electrons. The molecule has 0 aromatic heterocycles. The molecule has 4 nitrogen and oxygen atoms in total. The van der Waals surface area contributed by atoms with Crippen LogP contribution in [0.1, 0.15) is 31.0 Å². The number of esters is 1. The number of nitrogens with zero attached hydrogens (tertiary/aromatic N) is 1. The van der Waals surface area contributed by atoms with Crippen LogP contribution >= 0.6 is 31.9 Å². The number of halogens is 2. The second-order valence-corrected chi connectivity index (χ2v) is 9.70. The molecule has 0 aliphatic heterocycles. The molecular weight excluding hydrogens is 486 g/mol. The van der Waals surface area contributed by atoms with E-state index in [1.165, 1.54) is 12.1 Å². The van der Waals surface area contributed by atoms with Crippen LogP contribution in [0.5, 0.6) is 11.5 Å². The van der Waals surface area contributed by atoms with Crippen LogP contribution in [0.4, 0.5) is 0 Å². The third-order valence-corrected chi connectivity index (χ3v) is 5.26. The Morgan fingerprint density at radius 2 is 2.07 bits per heavy atom. The lowest BCUT2D eigenvalue weighted by Crippen LogP contribution is -2.14. The number of allylic oxidation sites excluding steroid dienone is 1. The van der Waals surface area contributed by atoms with Crippen molar-refractivity contribution >= 4 is 37.8 Å². The van der Waals surface area contributed by atoms with Gasteiger partial charge in [-0.15, -0.1) is 0 Å². The lowest BCUT2D eigenvalue weighted by molar-refractivity contribution is -0.149. The molecule has 3 unspecified atom stereocenters. The summed E-state index contributed by atoms with van der Waals surface area (Å²) < 4.78 is 43.0. The molecule has 3 atom stereocenters. The highest BCUT2D eigenvalue weighted by atomic mass is 79.9. The van der Waals surface area contributed by atoms with Gasteiger partial charge in [0.1, 0.15) is 17.6 Å². The SMILES string of the molecule is [2H]c1cc(Oc2cccc(C(C#N)OC(=O)C3C(C=C(Br)Br)C3(C)C)c2)c([2H])c([2H])c1[2H]. The van der Waals surface area contributed by atoms with E-state index < -0.39 is 18.1 Å². The summed E-state index contributed by atoms with van der Waals surface area (Å²) in [5.74, 6) is -0.657. The van der Waals surface area contributed by atoms with Crippen molar-refractivity contribution in [2.24, 2.45) is 17.3 Å². The third kappa shape index (κ3) is 4.65. The van der Waals surface area contributed by atoms with E-state index in [2.05, 4.69) is 31.9 Å². The molecule has 0 spiro atoms. The molecule has 0 heterocycles. The van der Waals surface area contributed by atoms with Gasteiger partial charge in [0.2, 0.25) is 6.10 Å². The Labute approximate surface area is 187 Å². The Hall–Kier alpha value is -2.10. The molecule has 6 heteroatoms. The number of para-hydroxylation sites is 1. The molecule has 0 radical (unpaired) electrons. The second-order valence-electron chi connectivity index (χ2n) is 6.93. The molecule has 0 amide bonds. The van der Waals surface area contributed by atoms with Crippen molar-refractivity contribution in [3.05, 3.63) is 69.5 Å². The molecule has 28 heavy (non-hydrogen) atoms. The number of hydrogen-bond donors (Lipinski definition) is 0. The molecule has 0 bridgehead atoms. The molecule has 1 aliphatic carbocycles. The number of nitriles is 1. The Morgan fingerprint density at radius 1 is 1.29 bits per heavy atom. The highest BCUT2D eigenvalue weighted by Gasteiger charge is 2.61. The van der Waals surface area contributed by atoms with Crippen LogP contribution < -0.4 is 4.74 Å². The summed E-state index contributed by atoms with van der Waals surface area (Å²) in [6.45, 7) is 3.92. The fourth-order valence-corrected chi connectivity index (χ4v) is 3.69. The van der Waals surface area contributed by atoms with Crippen LogP contribution in [-0.2, 0) is 9.53 Å². The minimum Gasteiger partial charge on any atom is -0.457 e. The molecule has 0 N–H and O–H groups in total. The molecular formula is C22H19Br2NO3. The largest absolute Gasteiger partial charge is 0.457 e. The van der Waals surface area contributed by atoms with E-state index >= 15 is 0 Å². The Balaban J connectivity index is 1.79. The van der Waals surface area contributed by atoms with Gasteiger partial charge >= 0.3 is 5.97 Å². The van der Waals surface area contributed by atoms with E-state index in [0.29, 0.717) is 5.56 Å². The van der Waals surface area contributed by atoms with E-state index in [1.54, 1.807) is 18.2 Å². The second kappa shape index (κ2) is 8.50. The molecule has 1 aliphatic rings. The predicted molar refractivity (Wildman–Crippen MR) is 114 cm³/mol. The molecule has 2 aromatic rings. The minimum absolute atomic E-state index is 0.0219. The van der Waals surface area contributed by atoms with Gasteiger partial charge in [-0.1, -0.05) is 50.2 Å². The standard InChI is InChI=1S/C22H19Br2NO3/c1-22(2)17(12-19(23)24)20(22)21(26)28-18(13-25)14-7-6-10-16(11-14)27-15-8-4-3-5-9-15/h3-12,17-18,20H,1-2H3/i3D,4D,5D,8D. The summed E-state index contributed by atoms with van der Waals surface area (Å²) in [6, 6.07) is 8.21. The van der Waals surface area contributed by atoms with Gasteiger partial charge in [0.15, 0.2) is 0 Å². The van der Waals surface area contributed by atoms with Crippen LogP contribution in [0.25, 0.3) is 0 Å². The predicted octanol–water partition coefficient (Wildman–Crippen LogP) is 6.49. The normalized spacial score (nSPS) is 22.4. The zero-order valence-corrected chi connectivity index (χ0v) is 18.3. The van der Waals surface area contributed by atoms with Gasteiger partial charge in [0.05, 0.1) is 14.8 Å². The maximum atomic E-state index is 12.7. The van der Waals surface area contributed by atoms with Gasteiger partial charge in [0.25, 0.3) is 0 Å². The maximum Gasteiger partial charge on any atom is 0.311 e. The summed E-state index contributed by atoms with van der Waals surface area (Å²) in [5, 5.41) is 9.60. The Morgan fingerprint density at radius 3 is 2.79 bits per heavy atom. The van der Waals surface area contributed by atoms with E-state index in [-0.39, 0.29) is 46.9 Å². The lowest BCUT2D eigenvalue weighted by atomic mass is 10.1. The number of rotatable bonds is 6. The summed E-state index contributed by atoms with van der Waals surface area (Å²) in [4.78, 5) is 12.7. The molecule has 2 aromatic carbocycles. The van der Waals surface area contributed by atoms with Crippen molar-refractivity contribution in [1.29, 1.82) is 5.26 Å². The number of hydrogen-bond acceptors (Lipinski definition) is 4. The lowest BCUT2D eigenvalue weighted by Gasteiger charge is -2.13. The average Bonchev–Trinajstić information content (AvgIpc) is 3.27. The fraction of sp³-hybridized carbons (Fsp3) is 0.273. The van der Waals surface area contributed by atoms with Gasteiger partial charge in [0, 0.05) is 5.56 Å². The van der Waals surface area contributed by atoms with Crippen LogP contribution in [0, 0.1) is 28.6 Å². The van der Waals surface area contributed by atoms with Gasteiger partial charge < -0.3 is 9.47 Å². The number of benzene rings is 2. The highest BCUT2D eigenvalue weighted by Crippen LogP contribution is 2.60. The molecule has 0 saturated heterocycles. The number of carbonyl (C=O) groups excluding carboxylic acids is 1. The van der Waals surface area contributed by atoms with Crippen molar-refractivity contribution in [3.8, 4) is 17.6 Å². The van der Waals surface area contributed by atoms with Gasteiger partial charge in [-0.25, -0.2) is 0 Å².